The van der Waals surface area contributed by atoms with Gasteiger partial charge in [0.1, 0.15) is 0 Å². The van der Waals surface area contributed by atoms with Gasteiger partial charge in [0, 0.05) is 23.5 Å². The van der Waals surface area contributed by atoms with Crippen LogP contribution in [-0.4, -0.2) is 20.3 Å². The topological polar surface area (TPSA) is 61.8 Å². The third kappa shape index (κ3) is 1.40. The summed E-state index contributed by atoms with van der Waals surface area (Å²) in [4.78, 5) is 3.94. The number of rotatable bonds is 2. The second kappa shape index (κ2) is 3.59. The summed E-state index contributed by atoms with van der Waals surface area (Å²) in [5, 5.41) is 15.9. The minimum atomic E-state index is -0.0100. The molecule has 0 bridgehead atoms. The second-order valence-electron chi connectivity index (χ2n) is 3.07. The zero-order chi connectivity index (χ0) is 9.97. The van der Waals surface area contributed by atoms with Gasteiger partial charge in [-0.3, -0.25) is 10.1 Å². The minimum absolute atomic E-state index is 0.0100. The van der Waals surface area contributed by atoms with Crippen molar-refractivity contribution in [2.75, 3.05) is 0 Å². The largest absolute Gasteiger partial charge is 0.390 e. The van der Waals surface area contributed by atoms with Gasteiger partial charge >= 0.3 is 0 Å². The fourth-order valence-electron chi connectivity index (χ4n) is 1.38. The molecule has 2 N–H and O–H groups in total. The smallest absolute Gasteiger partial charge is 0.0954 e. The SMILES string of the molecule is Cc1c(-c2ccncc2)n[nH]c1CO. The highest BCUT2D eigenvalue weighted by Gasteiger charge is 2.09. The Balaban J connectivity index is 2.48. The van der Waals surface area contributed by atoms with Crippen LogP contribution in [0.25, 0.3) is 11.3 Å². The van der Waals surface area contributed by atoms with Crippen LogP contribution >= 0.6 is 0 Å². The van der Waals surface area contributed by atoms with Gasteiger partial charge < -0.3 is 5.11 Å². The Kier molecular flexibility index (Phi) is 2.28. The van der Waals surface area contributed by atoms with Crippen LogP contribution in [0.3, 0.4) is 0 Å². The predicted molar refractivity (Wildman–Crippen MR) is 52.5 cm³/mol. The molecule has 0 amide bonds. The minimum Gasteiger partial charge on any atom is -0.390 e. The fraction of sp³-hybridized carbons (Fsp3) is 0.200. The van der Waals surface area contributed by atoms with E-state index in [0.29, 0.717) is 0 Å². The maximum atomic E-state index is 9.00. The molecule has 2 aromatic heterocycles. The Morgan fingerprint density at radius 1 is 1.36 bits per heavy atom. The van der Waals surface area contributed by atoms with Crippen LogP contribution in [0.5, 0.6) is 0 Å². The summed E-state index contributed by atoms with van der Waals surface area (Å²) in [5.74, 6) is 0. The predicted octanol–water partition coefficient (Wildman–Crippen LogP) is 1.27. The van der Waals surface area contributed by atoms with Crippen molar-refractivity contribution >= 4 is 0 Å². The summed E-state index contributed by atoms with van der Waals surface area (Å²) < 4.78 is 0. The van der Waals surface area contributed by atoms with Crippen molar-refractivity contribution < 1.29 is 5.11 Å². The van der Waals surface area contributed by atoms with Crippen LogP contribution in [-0.2, 0) is 6.61 Å². The van der Waals surface area contributed by atoms with Crippen molar-refractivity contribution in [2.24, 2.45) is 0 Å². The lowest BCUT2D eigenvalue weighted by Gasteiger charge is -1.97. The average Bonchev–Trinajstić information content (AvgIpc) is 2.61. The molecule has 0 aliphatic rings. The first kappa shape index (κ1) is 8.90. The van der Waals surface area contributed by atoms with E-state index in [9.17, 15) is 0 Å². The molecule has 14 heavy (non-hydrogen) atoms. The number of H-pyrrole nitrogens is 1. The van der Waals surface area contributed by atoms with Crippen LogP contribution in [0, 0.1) is 6.92 Å². The van der Waals surface area contributed by atoms with Crippen molar-refractivity contribution in [1.29, 1.82) is 0 Å². The Hall–Kier alpha value is -1.68. The first-order valence-electron chi connectivity index (χ1n) is 4.38. The summed E-state index contributed by atoms with van der Waals surface area (Å²) in [5.41, 5.74) is 3.63. The van der Waals surface area contributed by atoms with Crippen LogP contribution in [0.15, 0.2) is 24.5 Å². The van der Waals surface area contributed by atoms with Gasteiger partial charge in [0.15, 0.2) is 0 Å². The van der Waals surface area contributed by atoms with Crippen molar-refractivity contribution in [2.45, 2.75) is 13.5 Å². The highest BCUT2D eigenvalue weighted by atomic mass is 16.3. The van der Waals surface area contributed by atoms with E-state index in [-0.39, 0.29) is 6.61 Å². The Bertz CT molecular complexity index is 422. The highest BCUT2D eigenvalue weighted by Crippen LogP contribution is 2.21. The monoisotopic (exact) mass is 189 g/mol. The number of pyridine rings is 1. The van der Waals surface area contributed by atoms with Gasteiger partial charge in [-0.1, -0.05) is 0 Å². The van der Waals surface area contributed by atoms with Gasteiger partial charge in [0.25, 0.3) is 0 Å². The van der Waals surface area contributed by atoms with Gasteiger partial charge in [-0.25, -0.2) is 0 Å². The molecule has 2 aromatic rings. The van der Waals surface area contributed by atoms with Crippen LogP contribution < -0.4 is 0 Å². The summed E-state index contributed by atoms with van der Waals surface area (Å²) in [6.07, 6.45) is 3.45. The summed E-state index contributed by atoms with van der Waals surface area (Å²) in [6, 6.07) is 3.79. The van der Waals surface area contributed by atoms with E-state index in [1.54, 1.807) is 12.4 Å². The van der Waals surface area contributed by atoms with E-state index >= 15 is 0 Å². The quantitative estimate of drug-likeness (QED) is 0.747. The Morgan fingerprint density at radius 2 is 2.07 bits per heavy atom. The molecule has 0 aliphatic heterocycles. The number of nitrogens with one attached hydrogen (secondary N) is 1. The Morgan fingerprint density at radius 3 is 2.64 bits per heavy atom. The number of nitrogens with zero attached hydrogens (tertiary/aromatic N) is 2. The standard InChI is InChI=1S/C10H11N3O/c1-7-9(6-14)12-13-10(7)8-2-4-11-5-3-8/h2-5,14H,6H2,1H3,(H,12,13). The molecule has 2 rings (SSSR count). The molecule has 0 saturated heterocycles. The van der Waals surface area contributed by atoms with E-state index in [1.165, 1.54) is 0 Å². The lowest BCUT2D eigenvalue weighted by molar-refractivity contribution is 0.276. The first-order valence-corrected chi connectivity index (χ1v) is 4.38. The van der Waals surface area contributed by atoms with Crippen LogP contribution in [0.1, 0.15) is 11.3 Å². The molecule has 0 spiro atoms. The molecular weight excluding hydrogens is 178 g/mol. The molecule has 72 valence electrons. The van der Waals surface area contributed by atoms with Gasteiger partial charge in [0.2, 0.25) is 0 Å². The molecule has 2 heterocycles. The number of hydrogen-bond donors (Lipinski definition) is 2. The maximum Gasteiger partial charge on any atom is 0.0954 e. The molecule has 0 aliphatic carbocycles. The molecule has 4 nitrogen and oxygen atoms in total. The third-order valence-electron chi connectivity index (χ3n) is 2.22. The molecule has 0 atom stereocenters. The summed E-state index contributed by atoms with van der Waals surface area (Å²) >= 11 is 0. The normalized spacial score (nSPS) is 10.4. The lowest BCUT2D eigenvalue weighted by Crippen LogP contribution is -1.85. The van der Waals surface area contributed by atoms with Crippen molar-refractivity contribution in [3.05, 3.63) is 35.8 Å². The van der Waals surface area contributed by atoms with Crippen LogP contribution in [0.2, 0.25) is 0 Å². The average molecular weight is 189 g/mol. The third-order valence-corrected chi connectivity index (χ3v) is 2.22. The van der Waals surface area contributed by atoms with Crippen molar-refractivity contribution in [3.63, 3.8) is 0 Å². The van der Waals surface area contributed by atoms with Crippen molar-refractivity contribution in [3.8, 4) is 11.3 Å². The van der Waals surface area contributed by atoms with Crippen molar-refractivity contribution in [1.82, 2.24) is 15.2 Å². The van der Waals surface area contributed by atoms with Gasteiger partial charge in [-0.2, -0.15) is 5.10 Å². The lowest BCUT2D eigenvalue weighted by atomic mass is 10.1. The molecule has 0 radical (unpaired) electrons. The number of aromatic amines is 1. The molecular formula is C10H11N3O. The molecule has 0 aromatic carbocycles. The summed E-state index contributed by atoms with van der Waals surface area (Å²) in [6.45, 7) is 1.93. The first-order chi connectivity index (χ1) is 6.83. The van der Waals surface area contributed by atoms with E-state index in [4.69, 9.17) is 5.11 Å². The molecule has 4 heteroatoms. The van der Waals surface area contributed by atoms with E-state index < -0.39 is 0 Å². The van der Waals surface area contributed by atoms with Crippen LogP contribution in [0.4, 0.5) is 0 Å². The molecule has 0 saturated carbocycles. The zero-order valence-corrected chi connectivity index (χ0v) is 7.86. The number of aliphatic hydroxyl groups excluding tert-OH is 1. The van der Waals surface area contributed by atoms with Gasteiger partial charge in [-0.15, -0.1) is 0 Å². The van der Waals surface area contributed by atoms with E-state index in [0.717, 1.165) is 22.5 Å². The second-order valence-corrected chi connectivity index (χ2v) is 3.07. The number of aromatic nitrogens is 3. The van der Waals surface area contributed by atoms with E-state index in [1.807, 2.05) is 19.1 Å². The summed E-state index contributed by atoms with van der Waals surface area (Å²) in [7, 11) is 0. The number of hydrogen-bond acceptors (Lipinski definition) is 3. The Labute approximate surface area is 81.6 Å². The van der Waals surface area contributed by atoms with Gasteiger partial charge in [-0.05, 0) is 19.1 Å². The maximum absolute atomic E-state index is 9.00. The zero-order valence-electron chi connectivity index (χ0n) is 7.86. The fourth-order valence-corrected chi connectivity index (χ4v) is 1.38. The van der Waals surface area contributed by atoms with Gasteiger partial charge in [0.05, 0.1) is 18.0 Å². The molecule has 0 unspecified atom stereocenters. The van der Waals surface area contributed by atoms with E-state index in [2.05, 4.69) is 15.2 Å². The molecule has 0 fully saturated rings. The highest BCUT2D eigenvalue weighted by molar-refractivity contribution is 5.62. The number of aliphatic hydroxyl groups is 1.